The van der Waals surface area contributed by atoms with Crippen molar-refractivity contribution < 1.29 is 19.1 Å². The monoisotopic (exact) mass is 300 g/mol. The average molecular weight is 300 g/mol. The van der Waals surface area contributed by atoms with Gasteiger partial charge in [0.25, 0.3) is 0 Å². The summed E-state index contributed by atoms with van der Waals surface area (Å²) in [4.78, 5) is 24.4. The molecule has 4 heteroatoms. The second-order valence-electron chi connectivity index (χ2n) is 6.96. The molecule has 1 aromatic carbocycles. The summed E-state index contributed by atoms with van der Waals surface area (Å²) in [5.41, 5.74) is -0.837. The number of benzene rings is 1. The molecule has 3 rings (SSSR count). The number of ether oxygens (including phenoxy) is 2. The Morgan fingerprint density at radius 3 is 2.32 bits per heavy atom. The molecule has 0 aromatic heterocycles. The third kappa shape index (κ3) is 2.28. The summed E-state index contributed by atoms with van der Waals surface area (Å²) in [6.07, 6.45) is 2.92. The highest BCUT2D eigenvalue weighted by Crippen LogP contribution is 2.48. The molecule has 0 spiro atoms. The zero-order valence-corrected chi connectivity index (χ0v) is 13.0. The minimum atomic E-state index is -1.23. The molecule has 0 saturated carbocycles. The van der Waals surface area contributed by atoms with Gasteiger partial charge in [-0.15, -0.1) is 0 Å². The van der Waals surface area contributed by atoms with Crippen LogP contribution in [0.5, 0.6) is 0 Å². The van der Waals surface area contributed by atoms with E-state index < -0.39 is 17.9 Å². The summed E-state index contributed by atoms with van der Waals surface area (Å²) in [5, 5.41) is 0. The summed E-state index contributed by atoms with van der Waals surface area (Å²) >= 11 is 0. The van der Waals surface area contributed by atoms with Crippen molar-refractivity contribution >= 4 is 11.8 Å². The molecule has 1 saturated heterocycles. The van der Waals surface area contributed by atoms with Crippen LogP contribution in [0.15, 0.2) is 42.5 Å². The number of cyclic esters (lactones) is 1. The van der Waals surface area contributed by atoms with Crippen LogP contribution in [-0.4, -0.2) is 18.0 Å². The van der Waals surface area contributed by atoms with Crippen LogP contribution in [-0.2, 0) is 24.7 Å². The Hall–Kier alpha value is -1.94. The van der Waals surface area contributed by atoms with E-state index in [1.54, 1.807) is 6.08 Å². The van der Waals surface area contributed by atoms with Gasteiger partial charge in [0.05, 0.1) is 0 Å². The van der Waals surface area contributed by atoms with Gasteiger partial charge in [0.1, 0.15) is 0 Å². The van der Waals surface area contributed by atoms with E-state index in [1.165, 1.54) is 6.08 Å². The molecule has 22 heavy (non-hydrogen) atoms. The maximum atomic E-state index is 12.8. The molecule has 0 amide bonds. The van der Waals surface area contributed by atoms with E-state index in [1.807, 2.05) is 51.1 Å². The third-order valence-electron chi connectivity index (χ3n) is 4.18. The molecule has 0 radical (unpaired) electrons. The van der Waals surface area contributed by atoms with Crippen molar-refractivity contribution in [3.05, 3.63) is 48.0 Å². The maximum absolute atomic E-state index is 12.8. The first-order valence-electron chi connectivity index (χ1n) is 7.49. The summed E-state index contributed by atoms with van der Waals surface area (Å²) in [6.45, 7) is 5.88. The minimum Gasteiger partial charge on any atom is -0.433 e. The fourth-order valence-corrected chi connectivity index (χ4v) is 2.96. The van der Waals surface area contributed by atoms with Crippen molar-refractivity contribution in [2.24, 2.45) is 11.3 Å². The van der Waals surface area contributed by atoms with Gasteiger partial charge in [0.2, 0.25) is 11.9 Å². The topological polar surface area (TPSA) is 52.6 Å². The molecule has 0 N–H and O–H groups in total. The van der Waals surface area contributed by atoms with Crippen LogP contribution < -0.4 is 0 Å². The van der Waals surface area contributed by atoms with Crippen LogP contribution in [0.25, 0.3) is 0 Å². The minimum absolute atomic E-state index is 0.0101. The van der Waals surface area contributed by atoms with Crippen molar-refractivity contribution in [3.63, 3.8) is 0 Å². The lowest BCUT2D eigenvalue weighted by Crippen LogP contribution is -2.41. The second-order valence-corrected chi connectivity index (χ2v) is 6.96. The highest BCUT2D eigenvalue weighted by Gasteiger charge is 2.59. The van der Waals surface area contributed by atoms with Crippen LogP contribution in [0.4, 0.5) is 0 Å². The van der Waals surface area contributed by atoms with E-state index in [2.05, 4.69) is 0 Å². The molecule has 4 nitrogen and oxygen atoms in total. The van der Waals surface area contributed by atoms with Crippen LogP contribution in [0.2, 0.25) is 0 Å². The number of hydrogen-bond acceptors (Lipinski definition) is 4. The lowest BCUT2D eigenvalue weighted by molar-refractivity contribution is -0.160. The number of esters is 1. The number of carbonyl (C=O) groups excluding carboxylic acids is 2. The molecular weight excluding hydrogens is 280 g/mol. The molecule has 1 aliphatic heterocycles. The predicted octanol–water partition coefficient (Wildman–Crippen LogP) is 2.97. The van der Waals surface area contributed by atoms with Crippen LogP contribution in [0.1, 0.15) is 32.8 Å². The van der Waals surface area contributed by atoms with Gasteiger partial charge in [-0.1, -0.05) is 57.2 Å². The zero-order chi connectivity index (χ0) is 16.0. The smallest absolute Gasteiger partial charge is 0.346 e. The highest BCUT2D eigenvalue weighted by molar-refractivity contribution is 5.94. The van der Waals surface area contributed by atoms with Gasteiger partial charge in [0.15, 0.2) is 5.78 Å². The van der Waals surface area contributed by atoms with Gasteiger partial charge in [-0.05, 0) is 11.6 Å². The van der Waals surface area contributed by atoms with E-state index in [0.29, 0.717) is 0 Å². The molecule has 1 heterocycles. The lowest BCUT2D eigenvalue weighted by Gasteiger charge is -2.32. The van der Waals surface area contributed by atoms with E-state index in [9.17, 15) is 9.59 Å². The molecule has 1 aromatic rings. The van der Waals surface area contributed by atoms with Gasteiger partial charge in [-0.25, -0.2) is 4.79 Å². The first-order chi connectivity index (χ1) is 10.3. The van der Waals surface area contributed by atoms with E-state index in [0.717, 1.165) is 5.56 Å². The van der Waals surface area contributed by atoms with Crippen LogP contribution in [0.3, 0.4) is 0 Å². The van der Waals surface area contributed by atoms with Crippen molar-refractivity contribution in [3.8, 4) is 0 Å². The van der Waals surface area contributed by atoms with E-state index in [-0.39, 0.29) is 23.5 Å². The van der Waals surface area contributed by atoms with E-state index >= 15 is 0 Å². The van der Waals surface area contributed by atoms with Gasteiger partial charge >= 0.3 is 5.97 Å². The van der Waals surface area contributed by atoms with Crippen molar-refractivity contribution in [1.82, 2.24) is 0 Å². The summed E-state index contributed by atoms with van der Waals surface area (Å²) in [6, 6.07) is 9.30. The zero-order valence-electron chi connectivity index (χ0n) is 13.0. The molecule has 3 atom stereocenters. The summed E-state index contributed by atoms with van der Waals surface area (Å²) in [7, 11) is 0. The van der Waals surface area contributed by atoms with Crippen molar-refractivity contribution in [2.45, 2.75) is 39.1 Å². The third-order valence-corrected chi connectivity index (χ3v) is 4.18. The lowest BCUT2D eigenvalue weighted by atomic mass is 9.80. The molecule has 2 aliphatic rings. The highest BCUT2D eigenvalue weighted by atomic mass is 16.8. The van der Waals surface area contributed by atoms with Crippen molar-refractivity contribution in [1.29, 1.82) is 0 Å². The number of hydrogen-bond donors (Lipinski definition) is 0. The molecule has 0 bridgehead atoms. The van der Waals surface area contributed by atoms with Gasteiger partial charge in [-0.2, -0.15) is 0 Å². The van der Waals surface area contributed by atoms with Crippen LogP contribution >= 0.6 is 0 Å². The Balaban J connectivity index is 2.07. The molecular formula is C18H20O4. The normalized spacial score (nSPS) is 31.6. The fraction of sp³-hybridized carbons (Fsp3) is 0.444. The van der Waals surface area contributed by atoms with Crippen LogP contribution in [0, 0.1) is 11.3 Å². The molecule has 3 unspecified atom stereocenters. The Labute approximate surface area is 130 Å². The number of rotatable bonds is 2. The first kappa shape index (κ1) is 15.0. The fourth-order valence-electron chi connectivity index (χ4n) is 2.96. The predicted molar refractivity (Wildman–Crippen MR) is 80.8 cm³/mol. The Bertz CT molecular complexity index is 626. The quantitative estimate of drug-likeness (QED) is 0.788. The molecule has 1 aliphatic carbocycles. The molecule has 1 fully saturated rings. The first-order valence-corrected chi connectivity index (χ1v) is 7.49. The van der Waals surface area contributed by atoms with Crippen molar-refractivity contribution in [2.75, 3.05) is 0 Å². The van der Waals surface area contributed by atoms with Gasteiger partial charge in [-0.3, -0.25) is 4.79 Å². The second kappa shape index (κ2) is 5.06. The SMILES string of the molecule is CC(C)(C)C1OC(=O)C(c2ccccc2)(C2C=CC(=O)C2)O1. The summed E-state index contributed by atoms with van der Waals surface area (Å²) < 4.78 is 11.7. The number of carbonyl (C=O) groups is 2. The largest absolute Gasteiger partial charge is 0.433 e. The summed E-state index contributed by atoms with van der Waals surface area (Å²) in [5.74, 6) is -0.735. The van der Waals surface area contributed by atoms with E-state index in [4.69, 9.17) is 9.47 Å². The maximum Gasteiger partial charge on any atom is 0.346 e. The average Bonchev–Trinajstić information content (AvgIpc) is 3.04. The number of ketones is 1. The van der Waals surface area contributed by atoms with Gasteiger partial charge < -0.3 is 9.47 Å². The number of allylic oxidation sites excluding steroid dienone is 1. The Morgan fingerprint density at radius 1 is 1.14 bits per heavy atom. The molecule has 116 valence electrons. The van der Waals surface area contributed by atoms with Gasteiger partial charge in [0, 0.05) is 17.8 Å². The Morgan fingerprint density at radius 2 is 1.82 bits per heavy atom. The Kier molecular flexibility index (Phi) is 3.44. The standard InChI is InChI=1S/C18H20O4/c1-17(2,3)16-21-15(20)18(22-16,12-7-5-4-6-8-12)13-9-10-14(19)11-13/h4-10,13,16H,11H2,1-3H3.